The fraction of sp³-hybridized carbons (Fsp3) is 0.500. The van der Waals surface area contributed by atoms with E-state index in [2.05, 4.69) is 13.2 Å². The zero-order chi connectivity index (χ0) is 11.9. The van der Waals surface area contributed by atoms with Crippen LogP contribution in [0.25, 0.3) is 0 Å². The van der Waals surface area contributed by atoms with Crippen LogP contribution in [0.15, 0.2) is 0 Å². The number of hydrogen-bond donors (Lipinski definition) is 1. The molecule has 0 fully saturated rings. The molecular formula is C6H10NO6PS. The fourth-order valence-corrected chi connectivity index (χ4v) is 2.01. The van der Waals surface area contributed by atoms with E-state index >= 15 is 0 Å². The highest BCUT2D eigenvalue weighted by Crippen LogP contribution is 2.46. The van der Waals surface area contributed by atoms with Crippen LogP contribution >= 0.6 is 7.60 Å². The van der Waals surface area contributed by atoms with E-state index in [1.165, 1.54) is 0 Å². The quantitative estimate of drug-likeness (QED) is 0.546. The minimum Gasteiger partial charge on any atom is -0.305 e. The summed E-state index contributed by atoms with van der Waals surface area (Å²) in [5.41, 5.74) is -1.16. The molecule has 0 aliphatic heterocycles. The molecule has 86 valence electrons. The third-order valence-corrected chi connectivity index (χ3v) is 3.56. The number of carbonyl (C=O) groups excluding carboxylic acids is 1. The van der Waals surface area contributed by atoms with Gasteiger partial charge in [0, 0.05) is 14.2 Å². The number of carbonyl (C=O) groups is 1. The molecule has 0 aromatic heterocycles. The summed E-state index contributed by atoms with van der Waals surface area (Å²) in [5.74, 6) is 2.04. The molecule has 9 heteroatoms. The zero-order valence-electron chi connectivity index (χ0n) is 8.09. The molecule has 0 aliphatic carbocycles. The maximum absolute atomic E-state index is 11.4. The van der Waals surface area contributed by atoms with E-state index in [0.29, 0.717) is 0 Å². The predicted molar refractivity (Wildman–Crippen MR) is 53.1 cm³/mol. The van der Waals surface area contributed by atoms with Crippen molar-refractivity contribution < 1.29 is 26.8 Å². The molecule has 0 saturated carbocycles. The molecule has 1 atom stereocenters. The summed E-state index contributed by atoms with van der Waals surface area (Å²) < 4.78 is 37.2. The van der Waals surface area contributed by atoms with Crippen LogP contribution in [-0.2, 0) is 29.1 Å². The first-order valence-electron chi connectivity index (χ1n) is 3.51. The van der Waals surface area contributed by atoms with Crippen molar-refractivity contribution in [3.63, 3.8) is 0 Å². The van der Waals surface area contributed by atoms with Crippen LogP contribution < -0.4 is 4.72 Å². The summed E-state index contributed by atoms with van der Waals surface area (Å²) in [6, 6.07) is 0. The third-order valence-electron chi connectivity index (χ3n) is 1.15. The van der Waals surface area contributed by atoms with Gasteiger partial charge in [0.15, 0.2) is 0 Å². The lowest BCUT2D eigenvalue weighted by Gasteiger charge is -2.11. The van der Waals surface area contributed by atoms with Crippen LogP contribution in [0.4, 0.5) is 4.79 Å². The van der Waals surface area contributed by atoms with Crippen molar-refractivity contribution in [2.45, 2.75) is 0 Å². The first kappa shape index (κ1) is 14.3. The number of terminal acetylenes is 1. The summed E-state index contributed by atoms with van der Waals surface area (Å²) >= 11 is -2.17. The van der Waals surface area contributed by atoms with Gasteiger partial charge in [-0.15, -0.1) is 6.42 Å². The molecule has 0 rings (SSSR count). The van der Waals surface area contributed by atoms with Crippen molar-refractivity contribution in [1.29, 1.82) is 0 Å². The van der Waals surface area contributed by atoms with Gasteiger partial charge in [-0.05, 0) is 0 Å². The van der Waals surface area contributed by atoms with Crippen LogP contribution in [0.1, 0.15) is 0 Å². The molecule has 0 spiro atoms. The Balaban J connectivity index is 4.31. The van der Waals surface area contributed by atoms with E-state index in [9.17, 15) is 13.6 Å². The molecule has 1 unspecified atom stereocenters. The van der Waals surface area contributed by atoms with Crippen LogP contribution in [0, 0.1) is 12.3 Å². The average Bonchev–Trinajstić information content (AvgIpc) is 2.24. The molecular weight excluding hydrogens is 245 g/mol. The highest BCUT2D eigenvalue weighted by atomic mass is 32.2. The summed E-state index contributed by atoms with van der Waals surface area (Å²) in [6.07, 6.45) is 4.82. The Kier molecular flexibility index (Phi) is 6.40. The summed E-state index contributed by atoms with van der Waals surface area (Å²) in [4.78, 5) is 11.2. The maximum Gasteiger partial charge on any atom is 0.418 e. The van der Waals surface area contributed by atoms with Gasteiger partial charge in [0.05, 0.1) is 0 Å². The lowest BCUT2D eigenvalue weighted by molar-refractivity contribution is 0.237. The smallest absolute Gasteiger partial charge is 0.305 e. The molecule has 0 heterocycles. The Morgan fingerprint density at radius 3 is 2.47 bits per heavy atom. The van der Waals surface area contributed by atoms with E-state index in [1.54, 1.807) is 4.72 Å². The van der Waals surface area contributed by atoms with Gasteiger partial charge in [-0.3, -0.25) is 8.98 Å². The van der Waals surface area contributed by atoms with E-state index in [0.717, 1.165) is 14.2 Å². The molecule has 0 aromatic rings. The Morgan fingerprint density at radius 2 is 2.07 bits per heavy atom. The van der Waals surface area contributed by atoms with E-state index in [4.69, 9.17) is 6.42 Å². The normalized spacial score (nSPS) is 12.9. The Hall–Kier alpha value is -0.710. The van der Waals surface area contributed by atoms with E-state index < -0.39 is 24.5 Å². The molecule has 7 nitrogen and oxygen atoms in total. The number of hydrogen-bond acceptors (Lipinski definition) is 6. The van der Waals surface area contributed by atoms with Crippen molar-refractivity contribution >= 4 is 24.5 Å². The standard InChI is InChI=1S/C6H10NO6PS/c1-4-5-13-15(10)7-6(8)14(9,11-2)12-3/h1H,5H2,2-3H3,(H,7,8). The van der Waals surface area contributed by atoms with Crippen LogP contribution in [-0.4, -0.2) is 30.7 Å². The highest BCUT2D eigenvalue weighted by Gasteiger charge is 2.33. The van der Waals surface area contributed by atoms with Crippen LogP contribution in [0.3, 0.4) is 0 Å². The lowest BCUT2D eigenvalue weighted by Crippen LogP contribution is -2.26. The van der Waals surface area contributed by atoms with Gasteiger partial charge in [0.2, 0.25) is 0 Å². The molecule has 15 heavy (non-hydrogen) atoms. The summed E-state index contributed by atoms with van der Waals surface area (Å²) in [7, 11) is -1.89. The largest absolute Gasteiger partial charge is 0.418 e. The van der Waals surface area contributed by atoms with Gasteiger partial charge in [-0.2, -0.15) is 0 Å². The van der Waals surface area contributed by atoms with Crippen molar-refractivity contribution in [1.82, 2.24) is 4.72 Å². The molecule has 1 amide bonds. The monoisotopic (exact) mass is 255 g/mol. The number of rotatable bonds is 6. The topological polar surface area (TPSA) is 90.9 Å². The van der Waals surface area contributed by atoms with Gasteiger partial charge in [-0.25, -0.2) is 13.5 Å². The van der Waals surface area contributed by atoms with Gasteiger partial charge in [-0.1, -0.05) is 5.92 Å². The summed E-state index contributed by atoms with van der Waals surface area (Å²) in [5, 5.41) is 0. The van der Waals surface area contributed by atoms with E-state index in [-0.39, 0.29) is 6.61 Å². The zero-order valence-corrected chi connectivity index (χ0v) is 9.80. The van der Waals surface area contributed by atoms with Gasteiger partial charge >= 0.3 is 13.2 Å². The maximum atomic E-state index is 11.4. The molecule has 0 bridgehead atoms. The third kappa shape index (κ3) is 4.55. The van der Waals surface area contributed by atoms with Gasteiger partial charge in [0.25, 0.3) is 11.3 Å². The first-order valence-corrected chi connectivity index (χ1v) is 6.13. The Labute approximate surface area is 89.8 Å². The SMILES string of the molecule is C#CCOS(=O)NC(=O)P(=O)(OC)OC. The number of nitrogens with one attached hydrogen (secondary N) is 1. The average molecular weight is 255 g/mol. The second-order valence-corrected chi connectivity index (χ2v) is 5.01. The van der Waals surface area contributed by atoms with Crippen molar-refractivity contribution in [2.24, 2.45) is 0 Å². The molecule has 0 saturated heterocycles. The minimum atomic E-state index is -3.93. The summed E-state index contributed by atoms with van der Waals surface area (Å²) in [6.45, 7) is -0.253. The fourth-order valence-electron chi connectivity index (χ4n) is 0.485. The Morgan fingerprint density at radius 1 is 1.53 bits per heavy atom. The van der Waals surface area contributed by atoms with Crippen LogP contribution in [0.2, 0.25) is 0 Å². The Bertz CT molecular complexity index is 329. The predicted octanol–water partition coefficient (Wildman–Crippen LogP) is 0.410. The molecule has 1 N–H and O–H groups in total. The molecule has 0 radical (unpaired) electrons. The van der Waals surface area contributed by atoms with E-state index in [1.807, 2.05) is 5.92 Å². The minimum absolute atomic E-state index is 0.253. The van der Waals surface area contributed by atoms with Gasteiger partial charge in [0.1, 0.15) is 6.61 Å². The van der Waals surface area contributed by atoms with Crippen molar-refractivity contribution in [3.05, 3.63) is 0 Å². The second-order valence-electron chi connectivity index (χ2n) is 1.97. The van der Waals surface area contributed by atoms with Crippen LogP contribution in [0.5, 0.6) is 0 Å². The molecule has 0 aliphatic rings. The number of amides is 1. The van der Waals surface area contributed by atoms with Crippen molar-refractivity contribution in [3.8, 4) is 12.3 Å². The van der Waals surface area contributed by atoms with Crippen molar-refractivity contribution in [2.75, 3.05) is 20.8 Å². The molecule has 0 aromatic carbocycles. The van der Waals surface area contributed by atoms with Gasteiger partial charge < -0.3 is 9.05 Å². The lowest BCUT2D eigenvalue weighted by atomic mass is 10.8. The first-order chi connectivity index (χ1) is 7.00. The second kappa shape index (κ2) is 6.71. The highest BCUT2D eigenvalue weighted by molar-refractivity contribution is 7.82.